The number of hydrogen-bond acceptors (Lipinski definition) is 4. The highest BCUT2D eigenvalue weighted by molar-refractivity contribution is 6.31. The molecule has 0 unspecified atom stereocenters. The number of pyridine rings is 2. The van der Waals surface area contributed by atoms with Gasteiger partial charge in [-0.1, -0.05) is 23.2 Å². The Morgan fingerprint density at radius 3 is 1.40 bits per heavy atom. The number of benzene rings is 3. The zero-order valence-electron chi connectivity index (χ0n) is 15.7. The van der Waals surface area contributed by atoms with Crippen LogP contribution in [0.1, 0.15) is 0 Å². The average Bonchev–Trinajstić information content (AvgIpc) is 2.75. The lowest BCUT2D eigenvalue weighted by Gasteiger charge is -2.12. The van der Waals surface area contributed by atoms with Crippen molar-refractivity contribution in [2.45, 2.75) is 0 Å². The SMILES string of the molecule is Clc1ccc2c(Nc3ccc(Nc4ccnc5cc(Cl)ccc45)cc3)ccnc2c1. The number of rotatable bonds is 4. The summed E-state index contributed by atoms with van der Waals surface area (Å²) in [6.45, 7) is 0. The normalized spacial score (nSPS) is 11.0. The van der Waals surface area contributed by atoms with Crippen molar-refractivity contribution < 1.29 is 0 Å². The molecule has 30 heavy (non-hydrogen) atoms. The van der Waals surface area contributed by atoms with E-state index >= 15 is 0 Å². The van der Waals surface area contributed by atoms with Gasteiger partial charge in [0.05, 0.1) is 11.0 Å². The van der Waals surface area contributed by atoms with Gasteiger partial charge in [-0.25, -0.2) is 0 Å². The maximum atomic E-state index is 6.08. The molecule has 0 aliphatic heterocycles. The fourth-order valence-corrected chi connectivity index (χ4v) is 3.74. The first kappa shape index (κ1) is 18.7. The fraction of sp³-hybridized carbons (Fsp3) is 0. The van der Waals surface area contributed by atoms with Gasteiger partial charge in [0.15, 0.2) is 0 Å². The van der Waals surface area contributed by atoms with Crippen LogP contribution < -0.4 is 10.6 Å². The Kier molecular flexibility index (Phi) is 4.87. The molecule has 0 saturated heterocycles. The molecule has 0 saturated carbocycles. The number of hydrogen-bond donors (Lipinski definition) is 2. The van der Waals surface area contributed by atoms with E-state index in [0.29, 0.717) is 10.0 Å². The number of aromatic nitrogens is 2. The topological polar surface area (TPSA) is 49.8 Å². The second-order valence-corrected chi connectivity index (χ2v) is 7.74. The number of anilines is 4. The van der Waals surface area contributed by atoms with E-state index in [-0.39, 0.29) is 0 Å². The summed E-state index contributed by atoms with van der Waals surface area (Å²) in [5.41, 5.74) is 5.64. The molecule has 0 radical (unpaired) electrons. The van der Waals surface area contributed by atoms with E-state index in [0.717, 1.165) is 44.6 Å². The molecular weight excluding hydrogens is 415 g/mol. The maximum absolute atomic E-state index is 6.08. The lowest BCUT2D eigenvalue weighted by atomic mass is 10.1. The Labute approximate surface area is 183 Å². The van der Waals surface area contributed by atoms with Crippen LogP contribution in [0.3, 0.4) is 0 Å². The summed E-state index contributed by atoms with van der Waals surface area (Å²) in [6, 6.07) is 23.5. The van der Waals surface area contributed by atoms with Crippen LogP contribution in [0.25, 0.3) is 21.8 Å². The highest BCUT2D eigenvalue weighted by Gasteiger charge is 2.05. The third-order valence-electron chi connectivity index (χ3n) is 4.85. The molecule has 3 aromatic carbocycles. The zero-order valence-corrected chi connectivity index (χ0v) is 17.2. The number of nitrogens with one attached hydrogen (secondary N) is 2. The molecule has 2 heterocycles. The van der Waals surface area contributed by atoms with Crippen molar-refractivity contribution in [3.05, 3.63) is 95.2 Å². The van der Waals surface area contributed by atoms with Gasteiger partial charge in [-0.05, 0) is 72.8 Å². The summed E-state index contributed by atoms with van der Waals surface area (Å²) < 4.78 is 0. The Balaban J connectivity index is 1.39. The van der Waals surface area contributed by atoms with Crippen LogP contribution >= 0.6 is 23.2 Å². The van der Waals surface area contributed by atoms with Gasteiger partial charge in [0.1, 0.15) is 0 Å². The van der Waals surface area contributed by atoms with Crippen LogP contribution in [0.15, 0.2) is 85.2 Å². The van der Waals surface area contributed by atoms with Crippen molar-refractivity contribution in [1.29, 1.82) is 0 Å². The van der Waals surface area contributed by atoms with Gasteiger partial charge in [-0.15, -0.1) is 0 Å². The Morgan fingerprint density at radius 1 is 0.533 bits per heavy atom. The minimum atomic E-state index is 0.675. The van der Waals surface area contributed by atoms with E-state index in [1.54, 1.807) is 12.4 Å². The third-order valence-corrected chi connectivity index (χ3v) is 5.32. The highest BCUT2D eigenvalue weighted by atomic mass is 35.5. The van der Waals surface area contributed by atoms with Gasteiger partial charge in [0.25, 0.3) is 0 Å². The molecule has 2 N–H and O–H groups in total. The molecule has 0 aliphatic rings. The van der Waals surface area contributed by atoms with Gasteiger partial charge < -0.3 is 10.6 Å². The Bertz CT molecular complexity index is 1260. The largest absolute Gasteiger partial charge is 0.355 e. The van der Waals surface area contributed by atoms with Gasteiger partial charge in [0, 0.05) is 56.0 Å². The maximum Gasteiger partial charge on any atom is 0.0737 e. The van der Waals surface area contributed by atoms with Crippen LogP contribution in [-0.4, -0.2) is 9.97 Å². The van der Waals surface area contributed by atoms with Gasteiger partial charge in [-0.3, -0.25) is 9.97 Å². The molecule has 5 rings (SSSR count). The smallest absolute Gasteiger partial charge is 0.0737 e. The third kappa shape index (κ3) is 3.75. The molecule has 0 aliphatic carbocycles. The van der Waals surface area contributed by atoms with E-state index in [1.807, 2.05) is 72.8 Å². The summed E-state index contributed by atoms with van der Waals surface area (Å²) in [6.07, 6.45) is 3.55. The number of fused-ring (bicyclic) bond motifs is 2. The van der Waals surface area contributed by atoms with Crippen LogP contribution in [0.4, 0.5) is 22.7 Å². The molecule has 0 amide bonds. The van der Waals surface area contributed by atoms with E-state index in [2.05, 4.69) is 20.6 Å². The standard InChI is InChI=1S/C24H16Cl2N4/c25-15-1-7-19-21(9-11-27-23(19)13-15)29-17-3-5-18(6-4-17)30-22-10-12-28-24-14-16(26)2-8-20(22)24/h1-14H,(H,27,29)(H,28,30). The van der Waals surface area contributed by atoms with E-state index in [4.69, 9.17) is 23.2 Å². The lowest BCUT2D eigenvalue weighted by molar-refractivity contribution is 1.40. The van der Waals surface area contributed by atoms with Crippen LogP contribution in [-0.2, 0) is 0 Å². The molecule has 146 valence electrons. The first-order valence-electron chi connectivity index (χ1n) is 9.38. The molecule has 2 aromatic heterocycles. The Morgan fingerprint density at radius 2 is 0.967 bits per heavy atom. The van der Waals surface area contributed by atoms with E-state index < -0.39 is 0 Å². The van der Waals surface area contributed by atoms with Crippen molar-refractivity contribution in [1.82, 2.24) is 9.97 Å². The molecular formula is C24H16Cl2N4. The second-order valence-electron chi connectivity index (χ2n) is 6.87. The highest BCUT2D eigenvalue weighted by Crippen LogP contribution is 2.30. The zero-order chi connectivity index (χ0) is 20.5. The van der Waals surface area contributed by atoms with Crippen LogP contribution in [0, 0.1) is 0 Å². The summed E-state index contributed by atoms with van der Waals surface area (Å²) in [5, 5.41) is 10.3. The predicted octanol–water partition coefficient (Wildman–Crippen LogP) is 7.58. The van der Waals surface area contributed by atoms with Crippen molar-refractivity contribution in [2.75, 3.05) is 10.6 Å². The summed E-state index contributed by atoms with van der Waals surface area (Å²) >= 11 is 12.2. The predicted molar refractivity (Wildman–Crippen MR) is 127 cm³/mol. The Hall–Kier alpha value is -3.34. The first-order valence-corrected chi connectivity index (χ1v) is 10.1. The van der Waals surface area contributed by atoms with Crippen molar-refractivity contribution in [2.24, 2.45) is 0 Å². The number of halogens is 2. The molecule has 0 fully saturated rings. The van der Waals surface area contributed by atoms with Gasteiger partial charge in [0.2, 0.25) is 0 Å². The summed E-state index contributed by atoms with van der Waals surface area (Å²) in [7, 11) is 0. The molecule has 5 aromatic rings. The molecule has 0 bridgehead atoms. The molecule has 4 nitrogen and oxygen atoms in total. The van der Waals surface area contributed by atoms with Crippen LogP contribution in [0.2, 0.25) is 10.0 Å². The second kappa shape index (κ2) is 7.82. The first-order chi connectivity index (χ1) is 14.7. The average molecular weight is 431 g/mol. The fourth-order valence-electron chi connectivity index (χ4n) is 3.41. The monoisotopic (exact) mass is 430 g/mol. The summed E-state index contributed by atoms with van der Waals surface area (Å²) in [5.74, 6) is 0. The quantitative estimate of drug-likeness (QED) is 0.308. The minimum Gasteiger partial charge on any atom is -0.355 e. The summed E-state index contributed by atoms with van der Waals surface area (Å²) in [4.78, 5) is 8.78. The molecule has 6 heteroatoms. The van der Waals surface area contributed by atoms with Gasteiger partial charge in [-0.2, -0.15) is 0 Å². The number of nitrogens with zero attached hydrogens (tertiary/aromatic N) is 2. The van der Waals surface area contributed by atoms with Crippen LogP contribution in [0.5, 0.6) is 0 Å². The lowest BCUT2D eigenvalue weighted by Crippen LogP contribution is -1.95. The van der Waals surface area contributed by atoms with E-state index in [1.165, 1.54) is 0 Å². The molecule has 0 spiro atoms. The van der Waals surface area contributed by atoms with Crippen molar-refractivity contribution >= 4 is 67.8 Å². The minimum absolute atomic E-state index is 0.675. The van der Waals surface area contributed by atoms with Crippen molar-refractivity contribution in [3.8, 4) is 0 Å². The van der Waals surface area contributed by atoms with E-state index in [9.17, 15) is 0 Å². The molecule has 0 atom stereocenters. The van der Waals surface area contributed by atoms with Gasteiger partial charge >= 0.3 is 0 Å². The van der Waals surface area contributed by atoms with Crippen molar-refractivity contribution in [3.63, 3.8) is 0 Å².